The number of hydrogen-bond acceptors (Lipinski definition) is 1. The molecule has 0 amide bonds. The van der Waals surface area contributed by atoms with Crippen LogP contribution in [0.15, 0.2) is 0 Å². The minimum Gasteiger partial charge on any atom is -0.317 e. The van der Waals surface area contributed by atoms with Crippen LogP contribution in [-0.2, 0) is 0 Å². The molecule has 0 bridgehead atoms. The van der Waals surface area contributed by atoms with E-state index in [1.165, 1.54) is 19.3 Å². The third-order valence-electron chi connectivity index (χ3n) is 2.84. The Labute approximate surface area is 77.9 Å². The van der Waals surface area contributed by atoms with E-state index >= 15 is 0 Å². The molecule has 74 valence electrons. The summed E-state index contributed by atoms with van der Waals surface area (Å²) in [7, 11) is 2.06. The number of rotatable bonds is 6. The van der Waals surface area contributed by atoms with Crippen molar-refractivity contribution in [2.24, 2.45) is 11.8 Å². The first kappa shape index (κ1) is 12.0. The fourth-order valence-electron chi connectivity index (χ4n) is 1.81. The van der Waals surface area contributed by atoms with Gasteiger partial charge in [0.15, 0.2) is 0 Å². The molecule has 2 unspecified atom stereocenters. The van der Waals surface area contributed by atoms with Crippen molar-refractivity contribution in [2.45, 2.75) is 53.0 Å². The molecule has 0 rings (SSSR count). The monoisotopic (exact) mass is 171 g/mol. The topological polar surface area (TPSA) is 12.0 Å². The molecule has 0 saturated heterocycles. The van der Waals surface area contributed by atoms with Gasteiger partial charge in [0.05, 0.1) is 0 Å². The lowest BCUT2D eigenvalue weighted by molar-refractivity contribution is 0.277. The van der Waals surface area contributed by atoms with Crippen LogP contribution in [0.25, 0.3) is 0 Å². The quantitative estimate of drug-likeness (QED) is 0.647. The molecular formula is C11H25N. The third-order valence-corrected chi connectivity index (χ3v) is 2.84. The average molecular weight is 171 g/mol. The van der Waals surface area contributed by atoms with Crippen LogP contribution >= 0.6 is 0 Å². The van der Waals surface area contributed by atoms with E-state index in [0.717, 1.165) is 11.8 Å². The predicted molar refractivity (Wildman–Crippen MR) is 56.4 cm³/mol. The molecule has 0 aromatic rings. The summed E-state index contributed by atoms with van der Waals surface area (Å²) in [6.07, 6.45) is 4.06. The zero-order valence-corrected chi connectivity index (χ0v) is 9.35. The second-order valence-corrected chi connectivity index (χ2v) is 4.13. The van der Waals surface area contributed by atoms with Gasteiger partial charge in [0.25, 0.3) is 0 Å². The van der Waals surface area contributed by atoms with Crippen molar-refractivity contribution in [3.63, 3.8) is 0 Å². The fourth-order valence-corrected chi connectivity index (χ4v) is 1.81. The van der Waals surface area contributed by atoms with Crippen molar-refractivity contribution in [2.75, 3.05) is 7.05 Å². The third kappa shape index (κ3) is 4.10. The highest BCUT2D eigenvalue weighted by molar-refractivity contribution is 4.73. The van der Waals surface area contributed by atoms with Gasteiger partial charge in [-0.2, -0.15) is 0 Å². The van der Waals surface area contributed by atoms with Crippen LogP contribution in [0, 0.1) is 11.8 Å². The molecule has 1 nitrogen and oxygen atoms in total. The van der Waals surface area contributed by atoms with Crippen LogP contribution in [0.3, 0.4) is 0 Å². The van der Waals surface area contributed by atoms with Gasteiger partial charge in [-0.3, -0.25) is 0 Å². The molecule has 12 heavy (non-hydrogen) atoms. The van der Waals surface area contributed by atoms with E-state index in [1.54, 1.807) is 0 Å². The van der Waals surface area contributed by atoms with Crippen molar-refractivity contribution in [3.05, 3.63) is 0 Å². The molecule has 0 spiro atoms. The first-order valence-electron chi connectivity index (χ1n) is 5.30. The SMILES string of the molecule is CCCCC(C(C)C)C(C)NC. The highest BCUT2D eigenvalue weighted by atomic mass is 14.9. The Bertz CT molecular complexity index is 99.2. The second kappa shape index (κ2) is 6.47. The normalized spacial score (nSPS) is 16.5. The summed E-state index contributed by atoms with van der Waals surface area (Å²) in [6, 6.07) is 0.663. The lowest BCUT2D eigenvalue weighted by atomic mass is 9.85. The van der Waals surface area contributed by atoms with Crippen LogP contribution in [0.4, 0.5) is 0 Å². The van der Waals surface area contributed by atoms with Crippen molar-refractivity contribution in [1.82, 2.24) is 5.32 Å². The molecule has 0 fully saturated rings. The highest BCUT2D eigenvalue weighted by Crippen LogP contribution is 2.21. The van der Waals surface area contributed by atoms with E-state index in [2.05, 4.69) is 40.1 Å². The Morgan fingerprint density at radius 1 is 1.17 bits per heavy atom. The zero-order valence-electron chi connectivity index (χ0n) is 9.35. The molecule has 0 aromatic heterocycles. The molecule has 0 aromatic carbocycles. The standard InChI is InChI=1S/C11H25N/c1-6-7-8-11(9(2)3)10(4)12-5/h9-12H,6-8H2,1-5H3. The van der Waals surface area contributed by atoms with Gasteiger partial charge in [-0.25, -0.2) is 0 Å². The Kier molecular flexibility index (Phi) is 6.45. The Morgan fingerprint density at radius 3 is 2.08 bits per heavy atom. The van der Waals surface area contributed by atoms with Gasteiger partial charge in [-0.15, -0.1) is 0 Å². The summed E-state index contributed by atoms with van der Waals surface area (Å²) in [5.41, 5.74) is 0. The summed E-state index contributed by atoms with van der Waals surface area (Å²) in [5.74, 6) is 1.65. The van der Waals surface area contributed by atoms with Crippen LogP contribution in [-0.4, -0.2) is 13.1 Å². The summed E-state index contributed by atoms with van der Waals surface area (Å²) in [5, 5.41) is 3.36. The Balaban J connectivity index is 3.85. The second-order valence-electron chi connectivity index (χ2n) is 4.13. The van der Waals surface area contributed by atoms with Crippen LogP contribution in [0.2, 0.25) is 0 Å². The van der Waals surface area contributed by atoms with Crippen molar-refractivity contribution in [1.29, 1.82) is 0 Å². The Hall–Kier alpha value is -0.0400. The van der Waals surface area contributed by atoms with Crippen molar-refractivity contribution < 1.29 is 0 Å². The lowest BCUT2D eigenvalue weighted by Gasteiger charge is -2.27. The van der Waals surface area contributed by atoms with E-state index in [4.69, 9.17) is 0 Å². The average Bonchev–Trinajstić information content (AvgIpc) is 2.04. The van der Waals surface area contributed by atoms with Gasteiger partial charge in [0.1, 0.15) is 0 Å². The lowest BCUT2D eigenvalue weighted by Crippen LogP contribution is -2.33. The van der Waals surface area contributed by atoms with E-state index in [0.29, 0.717) is 6.04 Å². The molecule has 2 atom stereocenters. The molecule has 0 heterocycles. The molecule has 0 radical (unpaired) electrons. The van der Waals surface area contributed by atoms with Crippen molar-refractivity contribution >= 4 is 0 Å². The molecule has 1 N–H and O–H groups in total. The molecule has 1 heteroatoms. The highest BCUT2D eigenvalue weighted by Gasteiger charge is 2.18. The minimum absolute atomic E-state index is 0.663. The van der Waals surface area contributed by atoms with Gasteiger partial charge < -0.3 is 5.32 Å². The maximum absolute atomic E-state index is 3.36. The van der Waals surface area contributed by atoms with E-state index in [-0.39, 0.29) is 0 Å². The van der Waals surface area contributed by atoms with E-state index in [9.17, 15) is 0 Å². The van der Waals surface area contributed by atoms with Crippen LogP contribution in [0.5, 0.6) is 0 Å². The van der Waals surface area contributed by atoms with E-state index in [1.807, 2.05) is 0 Å². The Morgan fingerprint density at radius 2 is 1.75 bits per heavy atom. The maximum atomic E-state index is 3.36. The first-order chi connectivity index (χ1) is 5.63. The summed E-state index contributed by atoms with van der Waals surface area (Å²) in [4.78, 5) is 0. The van der Waals surface area contributed by atoms with Gasteiger partial charge >= 0.3 is 0 Å². The molecular weight excluding hydrogens is 146 g/mol. The number of unbranched alkanes of at least 4 members (excludes halogenated alkanes) is 1. The molecule has 0 saturated carbocycles. The molecule has 0 aliphatic heterocycles. The van der Waals surface area contributed by atoms with Crippen molar-refractivity contribution in [3.8, 4) is 0 Å². The van der Waals surface area contributed by atoms with Gasteiger partial charge in [0.2, 0.25) is 0 Å². The van der Waals surface area contributed by atoms with E-state index < -0.39 is 0 Å². The zero-order chi connectivity index (χ0) is 9.56. The largest absolute Gasteiger partial charge is 0.317 e. The van der Waals surface area contributed by atoms with Gasteiger partial charge in [-0.1, -0.05) is 33.6 Å². The summed E-state index contributed by atoms with van der Waals surface area (Å²) >= 11 is 0. The molecule has 0 aliphatic rings. The fraction of sp³-hybridized carbons (Fsp3) is 1.00. The molecule has 0 aliphatic carbocycles. The minimum atomic E-state index is 0.663. The number of nitrogens with one attached hydrogen (secondary N) is 1. The maximum Gasteiger partial charge on any atom is 0.00664 e. The smallest absolute Gasteiger partial charge is 0.00664 e. The van der Waals surface area contributed by atoms with Gasteiger partial charge in [0, 0.05) is 6.04 Å². The summed E-state index contributed by atoms with van der Waals surface area (Å²) in [6.45, 7) is 9.21. The first-order valence-corrected chi connectivity index (χ1v) is 5.30. The predicted octanol–water partition coefficient (Wildman–Crippen LogP) is 3.06. The van der Waals surface area contributed by atoms with Crippen LogP contribution < -0.4 is 5.32 Å². The van der Waals surface area contributed by atoms with Crippen LogP contribution in [0.1, 0.15) is 47.0 Å². The van der Waals surface area contributed by atoms with Gasteiger partial charge in [-0.05, 0) is 32.2 Å². The summed E-state index contributed by atoms with van der Waals surface area (Å²) < 4.78 is 0. The number of hydrogen-bond donors (Lipinski definition) is 1.